The molecule has 1 atom stereocenters. The van der Waals surface area contributed by atoms with Crippen LogP contribution in [0.15, 0.2) is 11.2 Å². The summed E-state index contributed by atoms with van der Waals surface area (Å²) in [4.78, 5) is 26.4. The molecule has 0 aromatic carbocycles. The van der Waals surface area contributed by atoms with Gasteiger partial charge in [-0.2, -0.15) is 10.1 Å². The minimum Gasteiger partial charge on any atom is -0.442 e. The van der Waals surface area contributed by atoms with Crippen LogP contribution >= 0.6 is 0 Å². The Morgan fingerprint density at radius 1 is 1.50 bits per heavy atom. The largest absolute Gasteiger partial charge is 0.442 e. The molecule has 0 saturated carbocycles. The first-order valence-electron chi connectivity index (χ1n) is 7.74. The number of aryl methyl sites for hydroxylation is 1. The van der Waals surface area contributed by atoms with Crippen molar-refractivity contribution < 1.29 is 19.2 Å². The second kappa shape index (κ2) is 7.08. The summed E-state index contributed by atoms with van der Waals surface area (Å²) in [7, 11) is 1.65. The van der Waals surface area contributed by atoms with Gasteiger partial charge in [-0.1, -0.05) is 0 Å². The Balaban J connectivity index is 2.10. The molecule has 132 valence electrons. The van der Waals surface area contributed by atoms with Crippen molar-refractivity contribution in [2.75, 3.05) is 6.61 Å². The maximum Gasteiger partial charge on any atom is 0.434 e. The quantitative estimate of drug-likeness (QED) is 0.606. The Bertz CT molecular complexity index is 659. The molecule has 0 bridgehead atoms. The van der Waals surface area contributed by atoms with Gasteiger partial charge in [0.25, 0.3) is 0 Å². The van der Waals surface area contributed by atoms with Gasteiger partial charge in [-0.25, -0.2) is 4.79 Å². The summed E-state index contributed by atoms with van der Waals surface area (Å²) in [5.74, 6) is 0. The summed E-state index contributed by atoms with van der Waals surface area (Å²) in [6.07, 6.45) is 1.63. The molecule has 1 fully saturated rings. The van der Waals surface area contributed by atoms with Crippen molar-refractivity contribution in [1.82, 2.24) is 9.78 Å². The number of carbonyl (C=O) groups is 1. The summed E-state index contributed by atoms with van der Waals surface area (Å²) in [5.41, 5.74) is 0.449. The lowest BCUT2D eigenvalue weighted by atomic mass is 10.1. The summed E-state index contributed by atoms with van der Waals surface area (Å²) in [5, 5.41) is 15.1. The standard InChI is InChI=1S/C15H22N4O5/c1-15(2,3)24-14(20)17-10-5-6-12(23-8-7-10)13-11(19(21)22)9-16-18(13)4/h9,12H,5-8H2,1-4H3/b17-10+/t12-/m0/s1. The van der Waals surface area contributed by atoms with Crippen LogP contribution in [0, 0.1) is 10.1 Å². The Labute approximate surface area is 139 Å². The lowest BCUT2D eigenvalue weighted by Crippen LogP contribution is -2.22. The molecular weight excluding hydrogens is 316 g/mol. The maximum atomic E-state index is 11.8. The van der Waals surface area contributed by atoms with Crippen molar-refractivity contribution >= 4 is 17.5 Å². The molecule has 0 radical (unpaired) electrons. The first-order chi connectivity index (χ1) is 11.2. The number of hydrogen-bond donors (Lipinski definition) is 0. The highest BCUT2D eigenvalue weighted by atomic mass is 16.6. The first kappa shape index (κ1) is 18.1. The van der Waals surface area contributed by atoms with Crippen molar-refractivity contribution in [3.63, 3.8) is 0 Å². The fraction of sp³-hybridized carbons (Fsp3) is 0.667. The average Bonchev–Trinajstić information content (AvgIpc) is 2.68. The summed E-state index contributed by atoms with van der Waals surface area (Å²) in [6, 6.07) is 0. The van der Waals surface area contributed by atoms with Crippen molar-refractivity contribution in [3.05, 3.63) is 22.0 Å². The number of hydrogen-bond acceptors (Lipinski definition) is 6. The Hall–Kier alpha value is -2.29. The van der Waals surface area contributed by atoms with Crippen molar-refractivity contribution in [1.29, 1.82) is 0 Å². The number of aromatic nitrogens is 2. The van der Waals surface area contributed by atoms with Crippen LogP contribution in [0.5, 0.6) is 0 Å². The second-order valence-electron chi connectivity index (χ2n) is 6.60. The topological polar surface area (TPSA) is 109 Å². The predicted octanol–water partition coefficient (Wildman–Crippen LogP) is 2.95. The molecule has 9 nitrogen and oxygen atoms in total. The molecule has 1 aliphatic heterocycles. The number of amides is 1. The number of carbonyl (C=O) groups excluding carboxylic acids is 1. The van der Waals surface area contributed by atoms with Gasteiger partial charge in [0.05, 0.1) is 11.5 Å². The molecule has 2 heterocycles. The highest BCUT2D eigenvalue weighted by Crippen LogP contribution is 2.32. The molecule has 0 aliphatic carbocycles. The molecule has 9 heteroatoms. The molecule has 1 saturated heterocycles. The van der Waals surface area contributed by atoms with Crippen LogP contribution in [0.2, 0.25) is 0 Å². The molecule has 0 unspecified atom stereocenters. The zero-order valence-corrected chi connectivity index (χ0v) is 14.3. The van der Waals surface area contributed by atoms with Crippen LogP contribution in [0.4, 0.5) is 10.5 Å². The molecule has 1 amide bonds. The van der Waals surface area contributed by atoms with Gasteiger partial charge in [0.2, 0.25) is 0 Å². The summed E-state index contributed by atoms with van der Waals surface area (Å²) < 4.78 is 12.4. The molecule has 24 heavy (non-hydrogen) atoms. The van der Waals surface area contributed by atoms with E-state index in [1.807, 2.05) is 0 Å². The lowest BCUT2D eigenvalue weighted by molar-refractivity contribution is -0.386. The molecule has 2 rings (SSSR count). The molecule has 0 N–H and O–H groups in total. The number of ether oxygens (including phenoxy) is 2. The summed E-state index contributed by atoms with van der Waals surface area (Å²) in [6.45, 7) is 5.66. The third-order valence-electron chi connectivity index (χ3n) is 3.51. The Kier molecular flexibility index (Phi) is 5.33. The molecule has 1 aromatic heterocycles. The minimum absolute atomic E-state index is 0.0602. The first-order valence-corrected chi connectivity index (χ1v) is 7.74. The smallest absolute Gasteiger partial charge is 0.434 e. The van der Waals surface area contributed by atoms with Crippen LogP contribution < -0.4 is 0 Å². The third-order valence-corrected chi connectivity index (χ3v) is 3.51. The predicted molar refractivity (Wildman–Crippen MR) is 86.1 cm³/mol. The van der Waals surface area contributed by atoms with E-state index in [9.17, 15) is 14.9 Å². The summed E-state index contributed by atoms with van der Waals surface area (Å²) >= 11 is 0. The Morgan fingerprint density at radius 3 is 2.83 bits per heavy atom. The van der Waals surface area contributed by atoms with Gasteiger partial charge in [0.15, 0.2) is 0 Å². The van der Waals surface area contributed by atoms with E-state index in [2.05, 4.69) is 10.1 Å². The van der Waals surface area contributed by atoms with E-state index in [-0.39, 0.29) is 5.69 Å². The Morgan fingerprint density at radius 2 is 2.21 bits per heavy atom. The van der Waals surface area contributed by atoms with E-state index >= 15 is 0 Å². The van der Waals surface area contributed by atoms with Gasteiger partial charge in [0.1, 0.15) is 23.6 Å². The number of nitro groups is 1. The van der Waals surface area contributed by atoms with E-state index in [4.69, 9.17) is 9.47 Å². The van der Waals surface area contributed by atoms with Crippen LogP contribution in [-0.4, -0.2) is 38.7 Å². The van der Waals surface area contributed by atoms with Gasteiger partial charge < -0.3 is 9.47 Å². The highest BCUT2D eigenvalue weighted by molar-refractivity contribution is 5.93. The fourth-order valence-electron chi connectivity index (χ4n) is 2.52. The van der Waals surface area contributed by atoms with Crippen LogP contribution in [-0.2, 0) is 16.5 Å². The second-order valence-corrected chi connectivity index (χ2v) is 6.60. The van der Waals surface area contributed by atoms with Gasteiger partial charge in [0, 0.05) is 19.2 Å². The van der Waals surface area contributed by atoms with E-state index in [0.29, 0.717) is 37.3 Å². The van der Waals surface area contributed by atoms with Gasteiger partial charge in [-0.15, -0.1) is 0 Å². The van der Waals surface area contributed by atoms with E-state index in [0.717, 1.165) is 0 Å². The van der Waals surface area contributed by atoms with Crippen molar-refractivity contribution in [2.45, 2.75) is 51.7 Å². The number of rotatable bonds is 2. The van der Waals surface area contributed by atoms with E-state index < -0.39 is 22.7 Å². The molecular formula is C15H22N4O5. The lowest BCUT2D eigenvalue weighted by Gasteiger charge is -2.17. The number of aliphatic imine (C=N–C) groups is 1. The van der Waals surface area contributed by atoms with E-state index in [1.165, 1.54) is 10.9 Å². The monoisotopic (exact) mass is 338 g/mol. The minimum atomic E-state index is -0.623. The van der Waals surface area contributed by atoms with Gasteiger partial charge >= 0.3 is 11.8 Å². The van der Waals surface area contributed by atoms with E-state index in [1.54, 1.807) is 27.8 Å². The van der Waals surface area contributed by atoms with Crippen LogP contribution in [0.25, 0.3) is 0 Å². The SMILES string of the molecule is Cn1ncc([N+](=O)[O-])c1[C@@H]1CC/C(=N\C(=O)OC(C)(C)C)CCO1. The van der Waals surface area contributed by atoms with Crippen molar-refractivity contribution in [2.24, 2.45) is 12.0 Å². The zero-order valence-electron chi connectivity index (χ0n) is 14.3. The molecule has 1 aliphatic rings. The highest BCUT2D eigenvalue weighted by Gasteiger charge is 2.29. The van der Waals surface area contributed by atoms with Crippen LogP contribution in [0.3, 0.4) is 0 Å². The maximum absolute atomic E-state index is 11.8. The number of nitrogens with zero attached hydrogens (tertiary/aromatic N) is 4. The average molecular weight is 338 g/mol. The van der Waals surface area contributed by atoms with Gasteiger partial charge in [-0.3, -0.25) is 14.8 Å². The zero-order chi connectivity index (χ0) is 17.9. The fourth-order valence-corrected chi connectivity index (χ4v) is 2.52. The normalized spacial score (nSPS) is 20.7. The molecule has 1 aromatic rings. The van der Waals surface area contributed by atoms with Gasteiger partial charge in [-0.05, 0) is 33.6 Å². The van der Waals surface area contributed by atoms with Crippen LogP contribution in [0.1, 0.15) is 51.8 Å². The van der Waals surface area contributed by atoms with Crippen molar-refractivity contribution in [3.8, 4) is 0 Å². The third kappa shape index (κ3) is 4.60. The molecule has 0 spiro atoms.